The largest absolute Gasteiger partial charge is 0.380 e. The lowest BCUT2D eigenvalue weighted by Gasteiger charge is -2.03. The Balaban J connectivity index is 2.24. The van der Waals surface area contributed by atoms with E-state index in [-0.39, 0.29) is 16.9 Å². The Kier molecular flexibility index (Phi) is 2.74. The van der Waals surface area contributed by atoms with Gasteiger partial charge in [0.05, 0.1) is 17.3 Å². The maximum Gasteiger partial charge on any atom is 0.180 e. The molecule has 0 atom stereocenters. The third-order valence-electron chi connectivity index (χ3n) is 2.99. The smallest absolute Gasteiger partial charge is 0.180 e. The highest BCUT2D eigenvalue weighted by molar-refractivity contribution is 5.87. The Labute approximate surface area is 112 Å². The molecule has 3 aromatic rings. The van der Waals surface area contributed by atoms with Crippen LogP contribution in [-0.4, -0.2) is 15.4 Å². The van der Waals surface area contributed by atoms with Gasteiger partial charge in [0, 0.05) is 17.3 Å². The zero-order chi connectivity index (χ0) is 14.3. The summed E-state index contributed by atoms with van der Waals surface area (Å²) in [6.07, 6.45) is 1.53. The van der Waals surface area contributed by atoms with E-state index in [1.165, 1.54) is 12.3 Å². The highest BCUT2D eigenvalue weighted by Crippen LogP contribution is 2.38. The summed E-state index contributed by atoms with van der Waals surface area (Å²) in [4.78, 5) is 0. The molecular weight excluding hydrogens is 266 g/mol. The molecule has 0 aliphatic carbocycles. The minimum atomic E-state index is -0.734. The normalized spacial score (nSPS) is 10.9. The molecule has 0 spiro atoms. The molecule has 0 radical (unpaired) electrons. The van der Waals surface area contributed by atoms with Crippen LogP contribution < -0.4 is 5.73 Å². The highest BCUT2D eigenvalue weighted by atomic mass is 19.1. The molecule has 5 nitrogen and oxygen atoms in total. The van der Waals surface area contributed by atoms with Crippen molar-refractivity contribution in [3.05, 3.63) is 41.7 Å². The van der Waals surface area contributed by atoms with Gasteiger partial charge in [0.15, 0.2) is 11.6 Å². The number of H-pyrrole nitrogens is 1. The van der Waals surface area contributed by atoms with Crippen molar-refractivity contribution in [1.29, 1.82) is 0 Å². The first-order valence-corrected chi connectivity index (χ1v) is 5.79. The second-order valence-corrected chi connectivity index (χ2v) is 4.30. The van der Waals surface area contributed by atoms with E-state index in [1.54, 1.807) is 6.92 Å². The summed E-state index contributed by atoms with van der Waals surface area (Å²) in [6, 6.07) is 3.23. The Hall–Kier alpha value is -2.70. The topological polar surface area (TPSA) is 80.7 Å². The number of hydrogen-bond acceptors (Lipinski definition) is 4. The maximum absolute atomic E-state index is 13.9. The highest BCUT2D eigenvalue weighted by Gasteiger charge is 2.22. The molecule has 2 aromatic heterocycles. The summed E-state index contributed by atoms with van der Waals surface area (Å²) in [6.45, 7) is 1.78. The number of aromatic nitrogens is 3. The molecule has 1 aromatic carbocycles. The number of anilines is 1. The van der Waals surface area contributed by atoms with Crippen LogP contribution in [0.2, 0.25) is 0 Å². The van der Waals surface area contributed by atoms with Crippen molar-refractivity contribution in [2.45, 2.75) is 6.92 Å². The van der Waals surface area contributed by atoms with Gasteiger partial charge in [-0.15, -0.1) is 0 Å². The first-order chi connectivity index (χ1) is 9.58. The first-order valence-electron chi connectivity index (χ1n) is 5.79. The van der Waals surface area contributed by atoms with Gasteiger partial charge in [-0.1, -0.05) is 5.16 Å². The number of nitrogens with one attached hydrogen (secondary N) is 1. The van der Waals surface area contributed by atoms with Gasteiger partial charge in [0.1, 0.15) is 11.6 Å². The van der Waals surface area contributed by atoms with Crippen LogP contribution in [0.1, 0.15) is 5.69 Å². The summed E-state index contributed by atoms with van der Waals surface area (Å²) in [5.41, 5.74) is 7.50. The van der Waals surface area contributed by atoms with E-state index in [0.29, 0.717) is 11.3 Å². The molecule has 0 fully saturated rings. The van der Waals surface area contributed by atoms with Crippen LogP contribution in [0, 0.1) is 18.6 Å². The van der Waals surface area contributed by atoms with Crippen molar-refractivity contribution in [2.24, 2.45) is 0 Å². The van der Waals surface area contributed by atoms with Crippen LogP contribution in [0.25, 0.3) is 22.5 Å². The SMILES string of the molecule is Cc1[nH]ncc1-c1onc(N)c1-c1ccc(F)cc1F. The molecule has 2 heterocycles. The molecule has 0 aliphatic rings. The number of nitrogens with two attached hydrogens (primary N) is 1. The minimum Gasteiger partial charge on any atom is -0.380 e. The molecule has 102 valence electrons. The molecule has 0 bridgehead atoms. The third-order valence-corrected chi connectivity index (χ3v) is 2.99. The zero-order valence-electron chi connectivity index (χ0n) is 10.4. The van der Waals surface area contributed by atoms with Gasteiger partial charge in [-0.3, -0.25) is 5.10 Å². The Morgan fingerprint density at radius 1 is 1.25 bits per heavy atom. The number of aryl methyl sites for hydroxylation is 1. The summed E-state index contributed by atoms with van der Waals surface area (Å²) < 4.78 is 32.1. The van der Waals surface area contributed by atoms with Gasteiger partial charge in [-0.2, -0.15) is 5.10 Å². The molecule has 20 heavy (non-hydrogen) atoms. The molecule has 7 heteroatoms. The van der Waals surface area contributed by atoms with Crippen LogP contribution in [0.3, 0.4) is 0 Å². The number of rotatable bonds is 2. The van der Waals surface area contributed by atoms with E-state index in [9.17, 15) is 8.78 Å². The molecule has 0 unspecified atom stereocenters. The van der Waals surface area contributed by atoms with Crippen molar-refractivity contribution < 1.29 is 13.3 Å². The lowest BCUT2D eigenvalue weighted by Crippen LogP contribution is -1.92. The second kappa shape index (κ2) is 4.44. The number of benzene rings is 1. The zero-order valence-corrected chi connectivity index (χ0v) is 10.4. The van der Waals surface area contributed by atoms with E-state index in [0.717, 1.165) is 17.8 Å². The number of halogens is 2. The van der Waals surface area contributed by atoms with Gasteiger partial charge >= 0.3 is 0 Å². The summed E-state index contributed by atoms with van der Waals surface area (Å²) >= 11 is 0. The first kappa shape index (κ1) is 12.3. The molecular formula is C13H10F2N4O. The van der Waals surface area contributed by atoms with E-state index >= 15 is 0 Å². The number of hydrogen-bond donors (Lipinski definition) is 2. The average molecular weight is 276 g/mol. The number of aromatic amines is 1. The summed E-state index contributed by atoms with van der Waals surface area (Å²) in [7, 11) is 0. The summed E-state index contributed by atoms with van der Waals surface area (Å²) in [5, 5.41) is 10.3. The Morgan fingerprint density at radius 3 is 2.70 bits per heavy atom. The maximum atomic E-state index is 13.9. The van der Waals surface area contributed by atoms with E-state index in [1.807, 2.05) is 0 Å². The Bertz CT molecular complexity index is 779. The van der Waals surface area contributed by atoms with Crippen LogP contribution in [-0.2, 0) is 0 Å². The Morgan fingerprint density at radius 2 is 2.05 bits per heavy atom. The quantitative estimate of drug-likeness (QED) is 0.754. The predicted octanol–water partition coefficient (Wildman–Crippen LogP) is 2.90. The van der Waals surface area contributed by atoms with E-state index < -0.39 is 11.6 Å². The van der Waals surface area contributed by atoms with Crippen LogP contribution in [0.15, 0.2) is 28.9 Å². The van der Waals surface area contributed by atoms with Crippen LogP contribution >= 0.6 is 0 Å². The van der Waals surface area contributed by atoms with Crippen molar-refractivity contribution in [3.8, 4) is 22.5 Å². The van der Waals surface area contributed by atoms with Crippen molar-refractivity contribution in [1.82, 2.24) is 15.4 Å². The molecule has 3 rings (SSSR count). The number of nitrogens with zero attached hydrogens (tertiary/aromatic N) is 2. The molecule has 3 N–H and O–H groups in total. The van der Waals surface area contributed by atoms with Crippen LogP contribution in [0.5, 0.6) is 0 Å². The predicted molar refractivity (Wildman–Crippen MR) is 68.6 cm³/mol. The van der Waals surface area contributed by atoms with Crippen LogP contribution in [0.4, 0.5) is 14.6 Å². The van der Waals surface area contributed by atoms with E-state index in [2.05, 4.69) is 15.4 Å². The molecule has 0 saturated carbocycles. The van der Waals surface area contributed by atoms with Gasteiger partial charge in [0.25, 0.3) is 0 Å². The fraction of sp³-hybridized carbons (Fsp3) is 0.0769. The average Bonchev–Trinajstić information content (AvgIpc) is 2.96. The number of nitrogen functional groups attached to an aromatic ring is 1. The fourth-order valence-electron chi connectivity index (χ4n) is 2.02. The molecule has 0 aliphatic heterocycles. The second-order valence-electron chi connectivity index (χ2n) is 4.30. The monoisotopic (exact) mass is 276 g/mol. The van der Waals surface area contributed by atoms with Crippen molar-refractivity contribution >= 4 is 5.82 Å². The standard InChI is InChI=1S/C13H10F2N4O/c1-6-9(5-17-18-6)12-11(13(16)19-20-12)8-3-2-7(14)4-10(8)15/h2-5H,1H3,(H2,16,19)(H,17,18). The van der Waals surface area contributed by atoms with E-state index in [4.69, 9.17) is 10.3 Å². The van der Waals surface area contributed by atoms with Gasteiger partial charge in [-0.25, -0.2) is 8.78 Å². The third kappa shape index (κ3) is 1.83. The lowest BCUT2D eigenvalue weighted by atomic mass is 10.0. The molecule has 0 amide bonds. The van der Waals surface area contributed by atoms with Gasteiger partial charge in [0.2, 0.25) is 0 Å². The summed E-state index contributed by atoms with van der Waals surface area (Å²) in [5.74, 6) is -1.07. The molecule has 0 saturated heterocycles. The minimum absolute atomic E-state index is 0.0334. The van der Waals surface area contributed by atoms with Gasteiger partial charge in [-0.05, 0) is 19.1 Å². The van der Waals surface area contributed by atoms with Gasteiger partial charge < -0.3 is 10.3 Å². The van der Waals surface area contributed by atoms with Crippen molar-refractivity contribution in [3.63, 3.8) is 0 Å². The lowest BCUT2D eigenvalue weighted by molar-refractivity contribution is 0.436. The van der Waals surface area contributed by atoms with Crippen molar-refractivity contribution in [2.75, 3.05) is 5.73 Å². The fourth-order valence-corrected chi connectivity index (χ4v) is 2.02.